The lowest BCUT2D eigenvalue weighted by Gasteiger charge is -2.34. The molecule has 9 nitrogen and oxygen atoms in total. The molecule has 1 aliphatic heterocycles. The predicted octanol–water partition coefficient (Wildman–Crippen LogP) is 7.07. The highest BCUT2D eigenvalue weighted by molar-refractivity contribution is 7.16. The second-order valence-electron chi connectivity index (χ2n) is 11.4. The van der Waals surface area contributed by atoms with Gasteiger partial charge in [0.05, 0.1) is 13.3 Å². The van der Waals surface area contributed by atoms with Crippen molar-refractivity contribution < 1.29 is 23.1 Å². The van der Waals surface area contributed by atoms with Gasteiger partial charge in [-0.1, -0.05) is 36.5 Å². The highest BCUT2D eigenvalue weighted by Gasteiger charge is 2.22. The summed E-state index contributed by atoms with van der Waals surface area (Å²) in [5, 5.41) is 6.18. The minimum Gasteiger partial charge on any atom is -0.497 e. The van der Waals surface area contributed by atoms with Gasteiger partial charge in [0.2, 0.25) is 4.96 Å². The van der Waals surface area contributed by atoms with E-state index in [1.165, 1.54) is 17.4 Å². The molecule has 11 heteroatoms. The SMILES string of the molecule is CCCN1CCN(C(=O)c2ccc(-c3ccc(F)c(OCc4cc(OC)cc5oc(-c6cn7nc(C)sc7n6)cc45)c3)cc2)CC1. The Morgan fingerprint density at radius 3 is 2.54 bits per heavy atom. The Labute approximate surface area is 269 Å². The van der Waals surface area contributed by atoms with Crippen molar-refractivity contribution in [2.45, 2.75) is 26.9 Å². The summed E-state index contributed by atoms with van der Waals surface area (Å²) in [5.74, 6) is 0.886. The van der Waals surface area contributed by atoms with Gasteiger partial charge in [0.25, 0.3) is 5.91 Å². The molecule has 6 aromatic rings. The monoisotopic (exact) mass is 639 g/mol. The van der Waals surface area contributed by atoms with Crippen LogP contribution in [0.5, 0.6) is 11.5 Å². The smallest absolute Gasteiger partial charge is 0.253 e. The summed E-state index contributed by atoms with van der Waals surface area (Å²) in [4.78, 5) is 22.9. The van der Waals surface area contributed by atoms with Crippen LogP contribution in [0.25, 0.3) is 38.5 Å². The number of methoxy groups -OCH3 is 1. The zero-order chi connectivity index (χ0) is 31.8. The van der Waals surface area contributed by atoms with Gasteiger partial charge in [-0.05, 0) is 67.4 Å². The van der Waals surface area contributed by atoms with E-state index in [2.05, 4.69) is 21.9 Å². The van der Waals surface area contributed by atoms with Crippen LogP contribution in [0.1, 0.15) is 34.3 Å². The Balaban J connectivity index is 1.08. The predicted molar refractivity (Wildman–Crippen MR) is 176 cm³/mol. The van der Waals surface area contributed by atoms with Crippen molar-refractivity contribution in [3.8, 4) is 34.1 Å². The van der Waals surface area contributed by atoms with Crippen molar-refractivity contribution in [2.75, 3.05) is 39.8 Å². The maximum absolute atomic E-state index is 15.0. The Bertz CT molecular complexity index is 1990. The highest BCUT2D eigenvalue weighted by Crippen LogP contribution is 2.35. The Morgan fingerprint density at radius 2 is 1.80 bits per heavy atom. The molecule has 1 amide bonds. The van der Waals surface area contributed by atoms with Gasteiger partial charge in [0.15, 0.2) is 17.3 Å². The maximum Gasteiger partial charge on any atom is 0.253 e. The zero-order valence-electron chi connectivity index (χ0n) is 26.0. The molecule has 7 rings (SSSR count). The Kier molecular flexibility index (Phi) is 8.18. The molecular weight excluding hydrogens is 605 g/mol. The van der Waals surface area contributed by atoms with Crippen molar-refractivity contribution in [3.05, 3.63) is 88.8 Å². The molecule has 0 saturated carbocycles. The number of nitrogens with zero attached hydrogens (tertiary/aromatic N) is 5. The van der Waals surface area contributed by atoms with E-state index in [0.29, 0.717) is 28.4 Å². The van der Waals surface area contributed by atoms with Crippen molar-refractivity contribution in [2.24, 2.45) is 0 Å². The van der Waals surface area contributed by atoms with E-state index < -0.39 is 5.82 Å². The lowest BCUT2D eigenvalue weighted by atomic mass is 10.0. The number of carbonyl (C=O) groups is 1. The second-order valence-corrected chi connectivity index (χ2v) is 12.6. The van der Waals surface area contributed by atoms with Crippen LogP contribution < -0.4 is 9.47 Å². The molecule has 1 saturated heterocycles. The van der Waals surface area contributed by atoms with E-state index in [9.17, 15) is 9.18 Å². The van der Waals surface area contributed by atoms with Crippen LogP contribution in [0.3, 0.4) is 0 Å². The minimum absolute atomic E-state index is 0.0392. The highest BCUT2D eigenvalue weighted by atomic mass is 32.1. The third-order valence-corrected chi connectivity index (χ3v) is 9.15. The molecule has 3 aromatic carbocycles. The van der Waals surface area contributed by atoms with Gasteiger partial charge < -0.3 is 18.8 Å². The molecule has 46 heavy (non-hydrogen) atoms. The second kappa shape index (κ2) is 12.6. The molecular formula is C35H34FN5O4S. The first-order valence-electron chi connectivity index (χ1n) is 15.4. The number of hydrogen-bond donors (Lipinski definition) is 0. The van der Waals surface area contributed by atoms with Crippen LogP contribution in [0.4, 0.5) is 4.39 Å². The lowest BCUT2D eigenvalue weighted by Crippen LogP contribution is -2.48. The number of halogens is 1. The number of benzene rings is 3. The standard InChI is InChI=1S/C35H34FN5O4S/c1-4-11-39-12-14-40(15-13-39)34(42)24-7-5-23(6-8-24)25-9-10-29(36)32(17-25)44-21-26-16-27(43-3)18-31-28(26)19-33(45-31)30-20-41-35(37-30)46-22(2)38-41/h5-10,16-20H,4,11-15,21H2,1-3H3. The van der Waals surface area contributed by atoms with E-state index >= 15 is 0 Å². The normalized spacial score (nSPS) is 14.0. The first-order chi connectivity index (χ1) is 22.4. The summed E-state index contributed by atoms with van der Waals surface area (Å²) in [5.41, 5.74) is 4.36. The summed E-state index contributed by atoms with van der Waals surface area (Å²) in [7, 11) is 1.59. The molecule has 0 radical (unpaired) electrons. The van der Waals surface area contributed by atoms with Gasteiger partial charge in [-0.3, -0.25) is 9.69 Å². The van der Waals surface area contributed by atoms with Gasteiger partial charge in [0.1, 0.15) is 28.6 Å². The molecule has 0 atom stereocenters. The molecule has 0 aliphatic carbocycles. The molecule has 4 heterocycles. The quantitative estimate of drug-likeness (QED) is 0.167. The van der Waals surface area contributed by atoms with Crippen LogP contribution in [0.2, 0.25) is 0 Å². The third-order valence-electron chi connectivity index (χ3n) is 8.31. The average molecular weight is 640 g/mol. The zero-order valence-corrected chi connectivity index (χ0v) is 26.8. The molecule has 0 unspecified atom stereocenters. The van der Waals surface area contributed by atoms with Gasteiger partial charge in [-0.15, -0.1) is 0 Å². The van der Waals surface area contributed by atoms with E-state index in [4.69, 9.17) is 13.9 Å². The van der Waals surface area contributed by atoms with Gasteiger partial charge >= 0.3 is 0 Å². The fraction of sp³-hybridized carbons (Fsp3) is 0.286. The maximum atomic E-state index is 15.0. The topological polar surface area (TPSA) is 85.3 Å². The number of rotatable bonds is 9. The number of carbonyl (C=O) groups excluding carboxylic acids is 1. The van der Waals surface area contributed by atoms with Crippen LogP contribution >= 0.6 is 11.3 Å². The average Bonchev–Trinajstić information content (AvgIpc) is 3.77. The number of aromatic nitrogens is 3. The summed E-state index contributed by atoms with van der Waals surface area (Å²) in [6.07, 6.45) is 2.95. The van der Waals surface area contributed by atoms with Crippen LogP contribution in [-0.2, 0) is 6.61 Å². The molecule has 0 N–H and O–H groups in total. The number of ether oxygens (including phenoxy) is 2. The number of piperazine rings is 1. The molecule has 3 aromatic heterocycles. The van der Waals surface area contributed by atoms with E-state index in [-0.39, 0.29) is 18.3 Å². The van der Waals surface area contributed by atoms with Gasteiger partial charge in [0, 0.05) is 48.8 Å². The van der Waals surface area contributed by atoms with Crippen molar-refractivity contribution in [1.82, 2.24) is 24.4 Å². The Hall–Kier alpha value is -4.74. The molecule has 1 fully saturated rings. The number of imidazole rings is 1. The fourth-order valence-corrected chi connectivity index (χ4v) is 6.62. The van der Waals surface area contributed by atoms with Crippen molar-refractivity contribution in [1.29, 1.82) is 0 Å². The number of amides is 1. The van der Waals surface area contributed by atoms with Gasteiger partial charge in [-0.2, -0.15) is 5.10 Å². The Morgan fingerprint density at radius 1 is 1.02 bits per heavy atom. The van der Waals surface area contributed by atoms with E-state index in [1.807, 2.05) is 60.5 Å². The molecule has 1 aliphatic rings. The summed E-state index contributed by atoms with van der Waals surface area (Å²) in [6.45, 7) is 8.54. The number of fused-ring (bicyclic) bond motifs is 2. The third kappa shape index (κ3) is 5.95. The van der Waals surface area contributed by atoms with Crippen LogP contribution in [-0.4, -0.2) is 70.1 Å². The van der Waals surface area contributed by atoms with E-state index in [1.54, 1.807) is 23.8 Å². The number of furan rings is 1. The summed E-state index contributed by atoms with van der Waals surface area (Å²) < 4.78 is 34.5. The molecule has 0 spiro atoms. The largest absolute Gasteiger partial charge is 0.497 e. The van der Waals surface area contributed by atoms with Crippen LogP contribution in [0, 0.1) is 12.7 Å². The number of aryl methyl sites for hydroxylation is 1. The van der Waals surface area contributed by atoms with Gasteiger partial charge in [-0.25, -0.2) is 13.9 Å². The summed E-state index contributed by atoms with van der Waals surface area (Å²) in [6, 6.07) is 17.8. The number of hydrogen-bond acceptors (Lipinski definition) is 8. The molecule has 0 bridgehead atoms. The van der Waals surface area contributed by atoms with E-state index in [0.717, 1.165) is 71.2 Å². The lowest BCUT2D eigenvalue weighted by molar-refractivity contribution is 0.0637. The molecule has 236 valence electrons. The van der Waals surface area contributed by atoms with Crippen molar-refractivity contribution in [3.63, 3.8) is 0 Å². The fourth-order valence-electron chi connectivity index (χ4n) is 5.89. The van der Waals surface area contributed by atoms with Crippen molar-refractivity contribution >= 4 is 33.2 Å². The first kappa shape index (κ1) is 29.9. The van der Waals surface area contributed by atoms with Crippen LogP contribution in [0.15, 0.2) is 71.3 Å². The minimum atomic E-state index is -0.467. The summed E-state index contributed by atoms with van der Waals surface area (Å²) >= 11 is 1.50. The first-order valence-corrected chi connectivity index (χ1v) is 16.2.